The standard InChI is InChI=1S/C28H30BrF2N3O/c29-23-9-6-20(7-10-23)15-25-19-33(18-21-4-2-1-3-5-21)12-13-34(25)28(35)17-24(32)14-22-8-11-26(30)27(31)16-22/h1-11,16,24-25H,12-15,17-19,32H2/t24-,25?/m1/s1. The Bertz CT molecular complexity index is 1130. The minimum Gasteiger partial charge on any atom is -0.337 e. The van der Waals surface area contributed by atoms with Gasteiger partial charge in [-0.25, -0.2) is 8.78 Å². The number of piperazine rings is 1. The van der Waals surface area contributed by atoms with Crippen molar-refractivity contribution >= 4 is 21.8 Å². The van der Waals surface area contributed by atoms with Crippen LogP contribution >= 0.6 is 15.9 Å². The van der Waals surface area contributed by atoms with Crippen LogP contribution in [0.2, 0.25) is 0 Å². The Hall–Kier alpha value is -2.61. The lowest BCUT2D eigenvalue weighted by Gasteiger charge is -2.42. The van der Waals surface area contributed by atoms with Crippen LogP contribution in [0.3, 0.4) is 0 Å². The van der Waals surface area contributed by atoms with Crippen LogP contribution in [0.5, 0.6) is 0 Å². The largest absolute Gasteiger partial charge is 0.337 e. The van der Waals surface area contributed by atoms with Crippen LogP contribution < -0.4 is 5.73 Å². The van der Waals surface area contributed by atoms with Gasteiger partial charge in [-0.3, -0.25) is 9.69 Å². The van der Waals surface area contributed by atoms with E-state index in [0.717, 1.165) is 42.7 Å². The number of nitrogens with two attached hydrogens (primary N) is 1. The van der Waals surface area contributed by atoms with Crippen molar-refractivity contribution in [3.8, 4) is 0 Å². The molecular weight excluding hydrogens is 512 g/mol. The molecule has 1 heterocycles. The Kier molecular flexibility index (Phi) is 8.65. The van der Waals surface area contributed by atoms with Gasteiger partial charge in [0.15, 0.2) is 11.6 Å². The molecular formula is C28H30BrF2N3O. The van der Waals surface area contributed by atoms with E-state index >= 15 is 0 Å². The van der Waals surface area contributed by atoms with E-state index in [0.29, 0.717) is 18.5 Å². The molecule has 0 aromatic heterocycles. The van der Waals surface area contributed by atoms with Gasteiger partial charge < -0.3 is 10.6 Å². The number of halogens is 3. The van der Waals surface area contributed by atoms with E-state index in [2.05, 4.69) is 45.1 Å². The summed E-state index contributed by atoms with van der Waals surface area (Å²) >= 11 is 3.48. The minimum absolute atomic E-state index is 0.00144. The molecule has 2 N–H and O–H groups in total. The zero-order valence-electron chi connectivity index (χ0n) is 19.5. The van der Waals surface area contributed by atoms with Crippen molar-refractivity contribution in [2.24, 2.45) is 5.73 Å². The van der Waals surface area contributed by atoms with Gasteiger partial charge in [-0.1, -0.05) is 64.5 Å². The van der Waals surface area contributed by atoms with Gasteiger partial charge in [0, 0.05) is 49.2 Å². The van der Waals surface area contributed by atoms with E-state index < -0.39 is 17.7 Å². The highest BCUT2D eigenvalue weighted by atomic mass is 79.9. The van der Waals surface area contributed by atoms with E-state index in [-0.39, 0.29) is 18.4 Å². The van der Waals surface area contributed by atoms with E-state index in [1.807, 2.05) is 35.2 Å². The monoisotopic (exact) mass is 541 g/mol. The van der Waals surface area contributed by atoms with Crippen LogP contribution in [0.15, 0.2) is 77.3 Å². The molecule has 3 aromatic rings. The first-order valence-electron chi connectivity index (χ1n) is 11.9. The average Bonchev–Trinajstić information content (AvgIpc) is 2.83. The maximum atomic E-state index is 13.6. The van der Waals surface area contributed by atoms with Gasteiger partial charge in [0.05, 0.1) is 0 Å². The highest BCUT2D eigenvalue weighted by Gasteiger charge is 2.31. The Morgan fingerprint density at radius 3 is 2.37 bits per heavy atom. The van der Waals surface area contributed by atoms with Crippen LogP contribution in [0, 0.1) is 11.6 Å². The summed E-state index contributed by atoms with van der Waals surface area (Å²) < 4.78 is 27.8. The van der Waals surface area contributed by atoms with Crippen molar-refractivity contribution < 1.29 is 13.6 Å². The maximum Gasteiger partial charge on any atom is 0.224 e. The van der Waals surface area contributed by atoms with Gasteiger partial charge in [0.2, 0.25) is 5.91 Å². The smallest absolute Gasteiger partial charge is 0.224 e. The average molecular weight is 542 g/mol. The molecule has 1 fully saturated rings. The number of rotatable bonds is 8. The third kappa shape index (κ3) is 7.19. The first-order valence-corrected chi connectivity index (χ1v) is 12.7. The maximum absolute atomic E-state index is 13.6. The first kappa shape index (κ1) is 25.5. The fourth-order valence-electron chi connectivity index (χ4n) is 4.68. The summed E-state index contributed by atoms with van der Waals surface area (Å²) in [4.78, 5) is 17.7. The van der Waals surface area contributed by atoms with E-state index in [1.54, 1.807) is 0 Å². The van der Waals surface area contributed by atoms with Crippen molar-refractivity contribution in [3.63, 3.8) is 0 Å². The first-order chi connectivity index (χ1) is 16.9. The molecule has 7 heteroatoms. The molecule has 0 bridgehead atoms. The molecule has 0 aliphatic carbocycles. The van der Waals surface area contributed by atoms with Crippen LogP contribution in [0.4, 0.5) is 8.78 Å². The van der Waals surface area contributed by atoms with Crippen LogP contribution in [0.25, 0.3) is 0 Å². The second-order valence-corrected chi connectivity index (χ2v) is 10.1. The van der Waals surface area contributed by atoms with Crippen LogP contribution in [-0.4, -0.2) is 47.4 Å². The molecule has 1 aliphatic rings. The fourth-order valence-corrected chi connectivity index (χ4v) is 4.95. The van der Waals surface area contributed by atoms with E-state index in [9.17, 15) is 13.6 Å². The van der Waals surface area contributed by atoms with Crippen molar-refractivity contribution in [2.45, 2.75) is 37.9 Å². The molecule has 0 saturated carbocycles. The molecule has 35 heavy (non-hydrogen) atoms. The third-order valence-corrected chi connectivity index (χ3v) is 6.97. The summed E-state index contributed by atoms with van der Waals surface area (Å²) in [6.45, 7) is 3.03. The Balaban J connectivity index is 1.43. The number of hydrogen-bond acceptors (Lipinski definition) is 3. The van der Waals surface area contributed by atoms with Crippen LogP contribution in [-0.2, 0) is 24.2 Å². The Labute approximate surface area is 213 Å². The second kappa shape index (κ2) is 11.9. The number of hydrogen-bond donors (Lipinski definition) is 1. The molecule has 0 spiro atoms. The number of nitrogens with zero attached hydrogens (tertiary/aromatic N) is 2. The number of carbonyl (C=O) groups excluding carboxylic acids is 1. The van der Waals surface area contributed by atoms with Crippen molar-refractivity contribution in [1.29, 1.82) is 0 Å². The number of carbonyl (C=O) groups is 1. The topological polar surface area (TPSA) is 49.6 Å². The molecule has 0 radical (unpaired) electrons. The summed E-state index contributed by atoms with van der Waals surface area (Å²) in [6.07, 6.45) is 1.23. The lowest BCUT2D eigenvalue weighted by Crippen LogP contribution is -2.56. The van der Waals surface area contributed by atoms with Crippen molar-refractivity contribution in [2.75, 3.05) is 19.6 Å². The second-order valence-electron chi connectivity index (χ2n) is 9.21. The molecule has 3 aromatic carbocycles. The zero-order chi connectivity index (χ0) is 24.8. The highest BCUT2D eigenvalue weighted by molar-refractivity contribution is 9.10. The van der Waals surface area contributed by atoms with Gasteiger partial charge in [0.1, 0.15) is 0 Å². The summed E-state index contributed by atoms with van der Waals surface area (Å²) in [5.74, 6) is -1.78. The summed E-state index contributed by atoms with van der Waals surface area (Å²) in [5.41, 5.74) is 9.28. The van der Waals surface area contributed by atoms with E-state index in [1.165, 1.54) is 17.2 Å². The predicted molar refractivity (Wildman–Crippen MR) is 138 cm³/mol. The highest BCUT2D eigenvalue weighted by Crippen LogP contribution is 2.21. The SMILES string of the molecule is N[C@@H](CC(=O)N1CCN(Cc2ccccc2)CC1Cc1ccc(Br)cc1)Cc1ccc(F)c(F)c1. The van der Waals surface area contributed by atoms with Crippen LogP contribution in [0.1, 0.15) is 23.1 Å². The molecule has 1 saturated heterocycles. The van der Waals surface area contributed by atoms with Crippen molar-refractivity contribution in [1.82, 2.24) is 9.80 Å². The molecule has 4 rings (SSSR count). The number of benzene rings is 3. The molecule has 1 unspecified atom stereocenters. The minimum atomic E-state index is -0.898. The molecule has 184 valence electrons. The molecule has 4 nitrogen and oxygen atoms in total. The van der Waals surface area contributed by atoms with E-state index in [4.69, 9.17) is 5.73 Å². The summed E-state index contributed by atoms with van der Waals surface area (Å²) in [7, 11) is 0. The van der Waals surface area contributed by atoms with Gasteiger partial charge >= 0.3 is 0 Å². The predicted octanol–water partition coefficient (Wildman–Crippen LogP) is 4.94. The summed E-state index contributed by atoms with van der Waals surface area (Å²) in [5, 5.41) is 0. The fraction of sp³-hybridized carbons (Fsp3) is 0.321. The molecule has 1 aliphatic heterocycles. The molecule has 1 amide bonds. The van der Waals surface area contributed by atoms with Gasteiger partial charge in [0.25, 0.3) is 0 Å². The Morgan fingerprint density at radius 2 is 1.66 bits per heavy atom. The summed E-state index contributed by atoms with van der Waals surface area (Å²) in [6, 6.07) is 21.9. The normalized spacial score (nSPS) is 17.4. The molecule has 2 atom stereocenters. The van der Waals surface area contributed by atoms with Gasteiger partial charge in [-0.15, -0.1) is 0 Å². The quantitative estimate of drug-likeness (QED) is 0.439. The lowest BCUT2D eigenvalue weighted by atomic mass is 9.99. The number of amides is 1. The van der Waals surface area contributed by atoms with Gasteiger partial charge in [-0.05, 0) is 53.8 Å². The third-order valence-electron chi connectivity index (χ3n) is 6.44. The lowest BCUT2D eigenvalue weighted by molar-refractivity contribution is -0.136. The Morgan fingerprint density at radius 1 is 0.943 bits per heavy atom. The van der Waals surface area contributed by atoms with Crippen molar-refractivity contribution in [3.05, 3.63) is 106 Å². The van der Waals surface area contributed by atoms with Gasteiger partial charge in [-0.2, -0.15) is 0 Å². The zero-order valence-corrected chi connectivity index (χ0v) is 21.1.